The monoisotopic (exact) mass is 248 g/mol. The minimum absolute atomic E-state index is 0.0781. The van der Waals surface area contributed by atoms with Crippen LogP contribution in [0.5, 0.6) is 0 Å². The highest BCUT2D eigenvalue weighted by Crippen LogP contribution is 2.30. The van der Waals surface area contributed by atoms with Crippen molar-refractivity contribution in [2.75, 3.05) is 12.9 Å². The maximum atomic E-state index is 13.7. The van der Waals surface area contributed by atoms with Gasteiger partial charge in [0.25, 0.3) is 0 Å². The molecule has 0 aliphatic heterocycles. The lowest BCUT2D eigenvalue weighted by Crippen LogP contribution is -2.07. The molecule has 0 saturated heterocycles. The summed E-state index contributed by atoms with van der Waals surface area (Å²) in [6.45, 7) is 1.89. The highest BCUT2D eigenvalue weighted by atomic mass is 35.5. The molecule has 5 heteroatoms. The number of ether oxygens (including phenoxy) is 1. The molecule has 0 aliphatic rings. The van der Waals surface area contributed by atoms with E-state index >= 15 is 0 Å². The van der Waals surface area contributed by atoms with Gasteiger partial charge in [-0.2, -0.15) is 0 Å². The van der Waals surface area contributed by atoms with Gasteiger partial charge >= 0.3 is 5.97 Å². The first-order valence-corrected chi connectivity index (χ1v) is 5.91. The first-order chi connectivity index (χ1) is 7.11. The van der Waals surface area contributed by atoms with Crippen LogP contribution in [0, 0.1) is 5.82 Å². The second-order valence-corrected chi connectivity index (χ2v) is 3.89. The maximum absolute atomic E-state index is 13.7. The van der Waals surface area contributed by atoms with Crippen molar-refractivity contribution in [2.45, 2.75) is 11.8 Å². The van der Waals surface area contributed by atoms with Gasteiger partial charge in [-0.1, -0.05) is 11.6 Å². The number of rotatable bonds is 3. The smallest absolute Gasteiger partial charge is 0.341 e. The third-order valence-corrected chi connectivity index (χ3v) is 2.98. The molecule has 0 atom stereocenters. The molecule has 0 saturated carbocycles. The van der Waals surface area contributed by atoms with E-state index in [-0.39, 0.29) is 17.1 Å². The number of halogens is 2. The van der Waals surface area contributed by atoms with E-state index in [0.717, 1.165) is 11.8 Å². The van der Waals surface area contributed by atoms with Crippen molar-refractivity contribution in [1.82, 2.24) is 0 Å². The van der Waals surface area contributed by atoms with Crippen molar-refractivity contribution in [2.24, 2.45) is 0 Å². The van der Waals surface area contributed by atoms with Gasteiger partial charge in [0.1, 0.15) is 0 Å². The lowest BCUT2D eigenvalue weighted by Gasteiger charge is -2.07. The van der Waals surface area contributed by atoms with Gasteiger partial charge < -0.3 is 4.74 Å². The van der Waals surface area contributed by atoms with Crippen LogP contribution in [-0.4, -0.2) is 18.8 Å². The number of esters is 1. The van der Waals surface area contributed by atoms with Gasteiger partial charge in [0.05, 0.1) is 22.1 Å². The van der Waals surface area contributed by atoms with E-state index in [1.807, 2.05) is 0 Å². The lowest BCUT2D eigenvalue weighted by molar-refractivity contribution is 0.0520. The largest absolute Gasteiger partial charge is 0.462 e. The first kappa shape index (κ1) is 12.3. The van der Waals surface area contributed by atoms with Crippen molar-refractivity contribution < 1.29 is 13.9 Å². The highest BCUT2D eigenvalue weighted by Gasteiger charge is 2.17. The third kappa shape index (κ3) is 2.63. The summed E-state index contributed by atoms with van der Waals surface area (Å²) in [5, 5.41) is 0.299. The minimum atomic E-state index is -0.665. The predicted octanol–water partition coefficient (Wildman–Crippen LogP) is 3.38. The summed E-state index contributed by atoms with van der Waals surface area (Å²) in [5.41, 5.74) is -0.0781. The van der Waals surface area contributed by atoms with Crippen molar-refractivity contribution in [3.63, 3.8) is 0 Å². The second-order valence-electron chi connectivity index (χ2n) is 2.66. The quantitative estimate of drug-likeness (QED) is 0.606. The number of benzene rings is 1. The molecule has 0 aromatic heterocycles. The normalized spacial score (nSPS) is 10.1. The standard InChI is InChI=1S/C10H10ClFO2S/c1-3-14-10(13)6-4-5-7(11)9(15-2)8(6)12/h4-5H,3H2,1-2H3. The SMILES string of the molecule is CCOC(=O)c1ccc(Cl)c(SC)c1F. The number of carbonyl (C=O) groups excluding carboxylic acids is 1. The topological polar surface area (TPSA) is 26.3 Å². The average Bonchev–Trinajstić information content (AvgIpc) is 2.18. The highest BCUT2D eigenvalue weighted by molar-refractivity contribution is 7.98. The van der Waals surface area contributed by atoms with Gasteiger partial charge in [0.15, 0.2) is 5.82 Å². The van der Waals surface area contributed by atoms with E-state index in [0.29, 0.717) is 5.02 Å². The predicted molar refractivity (Wildman–Crippen MR) is 59.1 cm³/mol. The Hall–Kier alpha value is -0.740. The van der Waals surface area contributed by atoms with Crippen LogP contribution in [-0.2, 0) is 4.74 Å². The van der Waals surface area contributed by atoms with Gasteiger partial charge in [-0.3, -0.25) is 0 Å². The Morgan fingerprint density at radius 1 is 1.60 bits per heavy atom. The Bertz CT molecular complexity index is 382. The molecular formula is C10H10ClFO2S. The molecule has 15 heavy (non-hydrogen) atoms. The van der Waals surface area contributed by atoms with E-state index in [1.165, 1.54) is 12.1 Å². The molecular weight excluding hydrogens is 239 g/mol. The molecule has 1 aromatic rings. The van der Waals surface area contributed by atoms with E-state index in [9.17, 15) is 9.18 Å². The Morgan fingerprint density at radius 3 is 2.80 bits per heavy atom. The molecule has 0 heterocycles. The average molecular weight is 249 g/mol. The molecule has 0 unspecified atom stereocenters. The van der Waals surface area contributed by atoms with Gasteiger partial charge in [-0.15, -0.1) is 11.8 Å². The van der Waals surface area contributed by atoms with Crippen molar-refractivity contribution in [3.05, 3.63) is 28.5 Å². The van der Waals surface area contributed by atoms with Crippen LogP contribution in [0.25, 0.3) is 0 Å². The maximum Gasteiger partial charge on any atom is 0.341 e. The summed E-state index contributed by atoms with van der Waals surface area (Å²) in [4.78, 5) is 11.6. The zero-order chi connectivity index (χ0) is 11.4. The molecule has 0 amide bonds. The van der Waals surface area contributed by atoms with Crippen LogP contribution in [0.2, 0.25) is 5.02 Å². The number of hydrogen-bond donors (Lipinski definition) is 0. The summed E-state index contributed by atoms with van der Waals surface area (Å²) >= 11 is 6.93. The summed E-state index contributed by atoms with van der Waals surface area (Å²) in [7, 11) is 0. The van der Waals surface area contributed by atoms with Crippen molar-refractivity contribution >= 4 is 29.3 Å². The molecule has 2 nitrogen and oxygen atoms in total. The molecule has 0 fully saturated rings. The molecule has 82 valence electrons. The fourth-order valence-electron chi connectivity index (χ4n) is 1.09. The van der Waals surface area contributed by atoms with Gasteiger partial charge in [0, 0.05) is 0 Å². The van der Waals surface area contributed by atoms with E-state index < -0.39 is 11.8 Å². The van der Waals surface area contributed by atoms with Gasteiger partial charge in [0.2, 0.25) is 0 Å². The van der Waals surface area contributed by atoms with Crippen LogP contribution in [0.3, 0.4) is 0 Å². The summed E-state index contributed by atoms with van der Waals surface area (Å²) in [6.07, 6.45) is 1.69. The zero-order valence-electron chi connectivity index (χ0n) is 8.34. The molecule has 0 radical (unpaired) electrons. The van der Waals surface area contributed by atoms with Crippen LogP contribution in [0.4, 0.5) is 4.39 Å². The van der Waals surface area contributed by atoms with E-state index in [1.54, 1.807) is 13.2 Å². The lowest BCUT2D eigenvalue weighted by atomic mass is 10.2. The number of thioether (sulfide) groups is 1. The van der Waals surface area contributed by atoms with Gasteiger partial charge in [-0.25, -0.2) is 9.18 Å². The molecule has 0 bridgehead atoms. The summed E-state index contributed by atoms with van der Waals surface area (Å²) in [6, 6.07) is 2.82. The molecule has 1 rings (SSSR count). The van der Waals surface area contributed by atoms with E-state index in [2.05, 4.69) is 0 Å². The summed E-state index contributed by atoms with van der Waals surface area (Å²) < 4.78 is 18.4. The van der Waals surface area contributed by atoms with Crippen LogP contribution >= 0.6 is 23.4 Å². The van der Waals surface area contributed by atoms with Crippen LogP contribution in [0.1, 0.15) is 17.3 Å². The Morgan fingerprint density at radius 2 is 2.27 bits per heavy atom. The number of carbonyl (C=O) groups is 1. The van der Waals surface area contributed by atoms with Crippen molar-refractivity contribution in [3.8, 4) is 0 Å². The van der Waals surface area contributed by atoms with Crippen LogP contribution in [0.15, 0.2) is 17.0 Å². The fraction of sp³-hybridized carbons (Fsp3) is 0.300. The fourth-order valence-corrected chi connectivity index (χ4v) is 2.02. The number of hydrogen-bond acceptors (Lipinski definition) is 3. The second kappa shape index (κ2) is 5.37. The zero-order valence-corrected chi connectivity index (χ0v) is 9.91. The molecule has 0 spiro atoms. The molecule has 1 aromatic carbocycles. The van der Waals surface area contributed by atoms with Gasteiger partial charge in [-0.05, 0) is 25.3 Å². The minimum Gasteiger partial charge on any atom is -0.462 e. The van der Waals surface area contributed by atoms with Crippen molar-refractivity contribution in [1.29, 1.82) is 0 Å². The first-order valence-electron chi connectivity index (χ1n) is 4.31. The summed E-state index contributed by atoms with van der Waals surface area (Å²) in [5.74, 6) is -1.28. The van der Waals surface area contributed by atoms with E-state index in [4.69, 9.17) is 16.3 Å². The third-order valence-electron chi connectivity index (χ3n) is 1.75. The Balaban J connectivity index is 3.15. The Kier molecular flexibility index (Phi) is 4.42. The molecule has 0 aliphatic carbocycles. The molecule has 0 N–H and O–H groups in total. The Labute approximate surface area is 96.8 Å². The van der Waals surface area contributed by atoms with Crippen LogP contribution < -0.4 is 0 Å².